The zero-order chi connectivity index (χ0) is 11.3. The van der Waals surface area contributed by atoms with Gasteiger partial charge in [0.05, 0.1) is 17.6 Å². The number of carboxylic acid groups (broad SMARTS) is 1. The molecule has 0 saturated heterocycles. The zero-order valence-electron chi connectivity index (χ0n) is 7.73. The van der Waals surface area contributed by atoms with Crippen LogP contribution in [0.2, 0.25) is 0 Å². The Hall–Kier alpha value is -2.31. The van der Waals surface area contributed by atoms with Crippen molar-refractivity contribution in [2.45, 2.75) is 0 Å². The first-order chi connectivity index (χ1) is 7.09. The molecular weight excluding hydrogens is 200 g/mol. The van der Waals surface area contributed by atoms with Crippen LogP contribution in [0.3, 0.4) is 0 Å². The molecule has 7 heteroatoms. The van der Waals surface area contributed by atoms with Crippen molar-refractivity contribution >= 4 is 23.4 Å². The zero-order valence-corrected chi connectivity index (χ0v) is 7.73. The average molecular weight is 210 g/mol. The number of nitrogens with zero attached hydrogens (tertiary/aromatic N) is 1. The average Bonchev–Trinajstić information content (AvgIpc) is 2.18. The van der Waals surface area contributed by atoms with E-state index in [9.17, 15) is 9.59 Å². The lowest BCUT2D eigenvalue weighted by Gasteiger charge is -2.06. The second-order valence-corrected chi connectivity index (χ2v) is 2.67. The third-order valence-electron chi connectivity index (χ3n) is 1.53. The Morgan fingerprint density at radius 2 is 2.27 bits per heavy atom. The highest BCUT2D eigenvalue weighted by Gasteiger charge is 2.05. The van der Waals surface area contributed by atoms with Gasteiger partial charge in [0.1, 0.15) is 6.54 Å². The minimum absolute atomic E-state index is 0.330. The molecule has 0 aromatic carbocycles. The first kappa shape index (κ1) is 10.8. The SMILES string of the molecule is Nc1ccncc1NC(=O)CNC(=O)O. The van der Waals surface area contributed by atoms with Gasteiger partial charge < -0.3 is 21.5 Å². The summed E-state index contributed by atoms with van der Waals surface area (Å²) in [5.41, 5.74) is 6.26. The third kappa shape index (κ3) is 3.51. The first-order valence-electron chi connectivity index (χ1n) is 4.05. The number of nitrogens with one attached hydrogen (secondary N) is 2. The van der Waals surface area contributed by atoms with Gasteiger partial charge in [0.25, 0.3) is 0 Å². The van der Waals surface area contributed by atoms with E-state index in [0.717, 1.165) is 0 Å². The second kappa shape index (κ2) is 4.80. The lowest BCUT2D eigenvalue weighted by molar-refractivity contribution is -0.115. The predicted molar refractivity (Wildman–Crippen MR) is 53.3 cm³/mol. The number of pyridine rings is 1. The molecule has 15 heavy (non-hydrogen) atoms. The van der Waals surface area contributed by atoms with Crippen LogP contribution in [-0.4, -0.2) is 28.6 Å². The lowest BCUT2D eigenvalue weighted by Crippen LogP contribution is -2.31. The second-order valence-electron chi connectivity index (χ2n) is 2.67. The van der Waals surface area contributed by atoms with E-state index in [-0.39, 0.29) is 6.54 Å². The Morgan fingerprint density at radius 1 is 1.53 bits per heavy atom. The Labute approximate surface area is 85.3 Å². The van der Waals surface area contributed by atoms with Gasteiger partial charge in [-0.15, -0.1) is 0 Å². The number of carbonyl (C=O) groups excluding carboxylic acids is 1. The minimum Gasteiger partial charge on any atom is -0.465 e. The van der Waals surface area contributed by atoms with Gasteiger partial charge in [-0.25, -0.2) is 4.79 Å². The van der Waals surface area contributed by atoms with E-state index in [1.165, 1.54) is 18.5 Å². The molecule has 0 fully saturated rings. The van der Waals surface area contributed by atoms with Gasteiger partial charge in [-0.1, -0.05) is 0 Å². The molecule has 0 atom stereocenters. The van der Waals surface area contributed by atoms with Crippen molar-refractivity contribution in [3.05, 3.63) is 18.5 Å². The van der Waals surface area contributed by atoms with Gasteiger partial charge in [-0.3, -0.25) is 9.78 Å². The molecule has 7 nitrogen and oxygen atoms in total. The normalized spacial score (nSPS) is 9.33. The van der Waals surface area contributed by atoms with Crippen molar-refractivity contribution in [1.82, 2.24) is 10.3 Å². The topological polar surface area (TPSA) is 117 Å². The maximum absolute atomic E-state index is 11.1. The van der Waals surface area contributed by atoms with Crippen molar-refractivity contribution in [2.75, 3.05) is 17.6 Å². The minimum atomic E-state index is -1.26. The van der Waals surface area contributed by atoms with Crippen LogP contribution in [0.4, 0.5) is 16.2 Å². The summed E-state index contributed by atoms with van der Waals surface area (Å²) in [6.45, 7) is -0.330. The fourth-order valence-corrected chi connectivity index (χ4v) is 0.860. The molecule has 0 aliphatic carbocycles. The summed E-state index contributed by atoms with van der Waals surface area (Å²) in [7, 11) is 0. The smallest absolute Gasteiger partial charge is 0.405 e. The van der Waals surface area contributed by atoms with E-state index in [1.54, 1.807) is 0 Å². The summed E-state index contributed by atoms with van der Waals surface area (Å²) in [5.74, 6) is -0.503. The van der Waals surface area contributed by atoms with E-state index in [1.807, 2.05) is 5.32 Å². The number of anilines is 2. The van der Waals surface area contributed by atoms with E-state index >= 15 is 0 Å². The summed E-state index contributed by atoms with van der Waals surface area (Å²) in [6.07, 6.45) is 1.61. The molecule has 0 radical (unpaired) electrons. The Kier molecular flexibility index (Phi) is 3.44. The lowest BCUT2D eigenvalue weighted by atomic mass is 10.3. The molecule has 0 unspecified atom stereocenters. The number of nitrogens with two attached hydrogens (primary N) is 1. The van der Waals surface area contributed by atoms with Crippen LogP contribution in [-0.2, 0) is 4.79 Å². The van der Waals surface area contributed by atoms with Gasteiger partial charge in [0, 0.05) is 6.20 Å². The maximum atomic E-state index is 11.1. The summed E-state index contributed by atoms with van der Waals surface area (Å²) >= 11 is 0. The quantitative estimate of drug-likeness (QED) is 0.554. The summed E-state index contributed by atoms with van der Waals surface area (Å²) in [4.78, 5) is 25.0. The van der Waals surface area contributed by atoms with Gasteiger partial charge in [0.15, 0.2) is 0 Å². The molecule has 0 saturated carbocycles. The predicted octanol–water partition coefficient (Wildman–Crippen LogP) is -0.130. The van der Waals surface area contributed by atoms with Gasteiger partial charge in [0.2, 0.25) is 5.91 Å². The van der Waals surface area contributed by atoms with Crippen LogP contribution in [0.1, 0.15) is 0 Å². The molecule has 2 amide bonds. The molecule has 80 valence electrons. The Bertz CT molecular complexity index is 380. The van der Waals surface area contributed by atoms with Gasteiger partial charge in [-0.05, 0) is 6.07 Å². The van der Waals surface area contributed by atoms with Crippen molar-refractivity contribution < 1.29 is 14.7 Å². The summed E-state index contributed by atoms with van der Waals surface area (Å²) < 4.78 is 0. The fraction of sp³-hybridized carbons (Fsp3) is 0.125. The van der Waals surface area contributed by atoms with E-state index in [4.69, 9.17) is 10.8 Å². The number of aromatic nitrogens is 1. The summed E-state index contributed by atoms with van der Waals surface area (Å²) in [5, 5.41) is 12.6. The molecule has 0 bridgehead atoms. The number of carbonyl (C=O) groups is 2. The largest absolute Gasteiger partial charge is 0.465 e. The van der Waals surface area contributed by atoms with Crippen LogP contribution in [0, 0.1) is 0 Å². The standard InChI is InChI=1S/C8H10N4O3/c9-5-1-2-10-3-6(5)12-7(13)4-11-8(14)15/h1-3,11H,4H2,(H2,9,10)(H,12,13)(H,14,15). The number of rotatable bonds is 3. The summed E-state index contributed by atoms with van der Waals surface area (Å²) in [6, 6.07) is 1.53. The number of amides is 2. The molecule has 1 aromatic rings. The molecule has 0 aliphatic heterocycles. The molecule has 0 spiro atoms. The highest BCUT2D eigenvalue weighted by Crippen LogP contribution is 2.14. The monoisotopic (exact) mass is 210 g/mol. The van der Waals surface area contributed by atoms with Crippen molar-refractivity contribution in [3.8, 4) is 0 Å². The third-order valence-corrected chi connectivity index (χ3v) is 1.53. The van der Waals surface area contributed by atoms with Crippen LogP contribution in [0.15, 0.2) is 18.5 Å². The van der Waals surface area contributed by atoms with Crippen molar-refractivity contribution in [2.24, 2.45) is 0 Å². The highest BCUT2D eigenvalue weighted by atomic mass is 16.4. The molecule has 1 rings (SSSR count). The maximum Gasteiger partial charge on any atom is 0.405 e. The van der Waals surface area contributed by atoms with Crippen molar-refractivity contribution in [3.63, 3.8) is 0 Å². The molecular formula is C8H10N4O3. The van der Waals surface area contributed by atoms with Gasteiger partial charge in [-0.2, -0.15) is 0 Å². The Morgan fingerprint density at radius 3 is 2.87 bits per heavy atom. The number of hydrogen-bond acceptors (Lipinski definition) is 4. The van der Waals surface area contributed by atoms with E-state index in [2.05, 4.69) is 10.3 Å². The van der Waals surface area contributed by atoms with Crippen molar-refractivity contribution in [1.29, 1.82) is 0 Å². The van der Waals surface area contributed by atoms with E-state index < -0.39 is 12.0 Å². The Balaban J connectivity index is 2.52. The highest BCUT2D eigenvalue weighted by molar-refractivity contribution is 5.95. The molecule has 1 aromatic heterocycles. The van der Waals surface area contributed by atoms with Crippen LogP contribution in [0.5, 0.6) is 0 Å². The molecule has 1 heterocycles. The fourth-order valence-electron chi connectivity index (χ4n) is 0.860. The van der Waals surface area contributed by atoms with Crippen LogP contribution in [0.25, 0.3) is 0 Å². The van der Waals surface area contributed by atoms with E-state index in [0.29, 0.717) is 11.4 Å². The van der Waals surface area contributed by atoms with Crippen LogP contribution < -0.4 is 16.4 Å². The van der Waals surface area contributed by atoms with Gasteiger partial charge >= 0.3 is 6.09 Å². The number of hydrogen-bond donors (Lipinski definition) is 4. The first-order valence-corrected chi connectivity index (χ1v) is 4.05. The number of nitrogen functional groups attached to an aromatic ring is 1. The molecule has 5 N–H and O–H groups in total. The molecule has 0 aliphatic rings. The van der Waals surface area contributed by atoms with Crippen LogP contribution >= 0.6 is 0 Å².